The lowest BCUT2D eigenvalue weighted by Crippen LogP contribution is -2.50. The van der Waals surface area contributed by atoms with E-state index >= 15 is 0 Å². The first kappa shape index (κ1) is 25.1. The van der Waals surface area contributed by atoms with Crippen molar-refractivity contribution in [3.63, 3.8) is 0 Å². The number of nitrogens with zero attached hydrogens (tertiary/aromatic N) is 1. The zero-order valence-electron chi connectivity index (χ0n) is 18.6. The van der Waals surface area contributed by atoms with Crippen molar-refractivity contribution in [2.75, 3.05) is 12.9 Å². The molecule has 7 heteroatoms. The molecule has 2 aromatic rings. The van der Waals surface area contributed by atoms with Crippen molar-refractivity contribution < 1.29 is 14.3 Å². The first-order chi connectivity index (χ1) is 14.8. The lowest BCUT2D eigenvalue weighted by molar-refractivity contribution is -0.138. The number of hydrogen-bond donors (Lipinski definition) is 1. The van der Waals surface area contributed by atoms with E-state index < -0.39 is 6.04 Å². The molecule has 0 radical (unpaired) electrons. The molecule has 0 aliphatic carbocycles. The highest BCUT2D eigenvalue weighted by Crippen LogP contribution is 2.22. The number of hydrogen-bond acceptors (Lipinski definition) is 4. The second kappa shape index (κ2) is 12.6. The third-order valence-corrected chi connectivity index (χ3v) is 6.46. The van der Waals surface area contributed by atoms with Gasteiger partial charge in [-0.15, -0.1) is 11.8 Å². The van der Waals surface area contributed by atoms with Gasteiger partial charge in [-0.3, -0.25) is 9.59 Å². The van der Waals surface area contributed by atoms with E-state index in [1.54, 1.807) is 18.9 Å². The Kier molecular flexibility index (Phi) is 10.2. The van der Waals surface area contributed by atoms with Crippen LogP contribution in [0.2, 0.25) is 5.02 Å². The van der Waals surface area contributed by atoms with E-state index in [0.717, 1.165) is 23.3 Å². The van der Waals surface area contributed by atoms with E-state index in [1.807, 2.05) is 62.4 Å². The van der Waals surface area contributed by atoms with Crippen LogP contribution in [0.5, 0.6) is 5.75 Å². The summed E-state index contributed by atoms with van der Waals surface area (Å²) >= 11 is 7.71. The molecule has 2 rings (SSSR count). The molecule has 0 aliphatic heterocycles. The van der Waals surface area contributed by atoms with E-state index in [-0.39, 0.29) is 23.6 Å². The average molecular weight is 463 g/mol. The van der Waals surface area contributed by atoms with Gasteiger partial charge in [0.05, 0.1) is 12.9 Å². The number of halogens is 1. The van der Waals surface area contributed by atoms with Crippen molar-refractivity contribution in [2.45, 2.75) is 51.6 Å². The Bertz CT molecular complexity index is 860. The zero-order valence-corrected chi connectivity index (χ0v) is 20.1. The Morgan fingerprint density at radius 2 is 1.81 bits per heavy atom. The number of rotatable bonds is 11. The predicted molar refractivity (Wildman–Crippen MR) is 129 cm³/mol. The van der Waals surface area contributed by atoms with Gasteiger partial charge in [0.25, 0.3) is 0 Å². The SMILES string of the molecule is CC[C@@H](C)NC(=O)[C@H](C)N(Cc1ccc(OC)cc1)C(=O)CSCc1ccccc1Cl. The fourth-order valence-electron chi connectivity index (χ4n) is 2.92. The summed E-state index contributed by atoms with van der Waals surface area (Å²) in [6.45, 7) is 6.10. The largest absolute Gasteiger partial charge is 0.497 e. The maximum absolute atomic E-state index is 13.1. The first-order valence-electron chi connectivity index (χ1n) is 10.4. The van der Waals surface area contributed by atoms with E-state index in [2.05, 4.69) is 5.32 Å². The monoisotopic (exact) mass is 462 g/mol. The number of nitrogens with one attached hydrogen (secondary N) is 1. The van der Waals surface area contributed by atoms with Crippen LogP contribution in [0.15, 0.2) is 48.5 Å². The molecule has 0 aliphatic rings. The number of ether oxygens (including phenoxy) is 1. The molecule has 2 atom stereocenters. The lowest BCUT2D eigenvalue weighted by atomic mass is 10.1. The van der Waals surface area contributed by atoms with Crippen LogP contribution in [-0.4, -0.2) is 41.7 Å². The normalized spacial score (nSPS) is 12.7. The van der Waals surface area contributed by atoms with Gasteiger partial charge in [0.2, 0.25) is 11.8 Å². The van der Waals surface area contributed by atoms with Gasteiger partial charge in [-0.25, -0.2) is 0 Å². The fraction of sp³-hybridized carbons (Fsp3) is 0.417. The zero-order chi connectivity index (χ0) is 22.8. The molecule has 0 saturated heterocycles. The number of benzene rings is 2. The van der Waals surface area contributed by atoms with Gasteiger partial charge in [0.15, 0.2) is 0 Å². The fourth-order valence-corrected chi connectivity index (χ4v) is 4.12. The van der Waals surface area contributed by atoms with E-state index in [9.17, 15) is 9.59 Å². The van der Waals surface area contributed by atoms with Gasteiger partial charge in [-0.05, 0) is 49.6 Å². The number of methoxy groups -OCH3 is 1. The second-order valence-electron chi connectivity index (χ2n) is 7.45. The first-order valence-corrected chi connectivity index (χ1v) is 11.9. The van der Waals surface area contributed by atoms with Crippen molar-refractivity contribution in [2.24, 2.45) is 0 Å². The highest BCUT2D eigenvalue weighted by Gasteiger charge is 2.26. The van der Waals surface area contributed by atoms with Crippen molar-refractivity contribution in [3.05, 3.63) is 64.7 Å². The Labute approximate surface area is 194 Å². The minimum absolute atomic E-state index is 0.0579. The standard InChI is InChI=1S/C24H31ClN2O3S/c1-5-17(2)26-24(29)18(3)27(14-19-10-12-21(30-4)13-11-19)23(28)16-31-15-20-8-6-7-9-22(20)25/h6-13,17-18H,5,14-16H2,1-4H3,(H,26,29)/t17-,18+/m1/s1. The highest BCUT2D eigenvalue weighted by molar-refractivity contribution is 7.99. The molecule has 168 valence electrons. The van der Waals surface area contributed by atoms with Crippen LogP contribution in [0.1, 0.15) is 38.3 Å². The molecule has 31 heavy (non-hydrogen) atoms. The molecule has 0 heterocycles. The average Bonchev–Trinajstić information content (AvgIpc) is 2.78. The van der Waals surface area contributed by atoms with E-state index in [0.29, 0.717) is 17.3 Å². The number of carbonyl (C=O) groups is 2. The Morgan fingerprint density at radius 3 is 2.42 bits per heavy atom. The molecular formula is C24H31ClN2O3S. The summed E-state index contributed by atoms with van der Waals surface area (Å²) < 4.78 is 5.21. The van der Waals surface area contributed by atoms with Gasteiger partial charge in [0, 0.05) is 23.4 Å². The Morgan fingerprint density at radius 1 is 1.13 bits per heavy atom. The molecule has 2 amide bonds. The van der Waals surface area contributed by atoms with Crippen LogP contribution in [0.25, 0.3) is 0 Å². The summed E-state index contributed by atoms with van der Waals surface area (Å²) in [5, 5.41) is 3.67. The summed E-state index contributed by atoms with van der Waals surface area (Å²) in [6, 6.07) is 14.6. The highest BCUT2D eigenvalue weighted by atomic mass is 35.5. The number of thioether (sulfide) groups is 1. The molecule has 0 unspecified atom stereocenters. The third kappa shape index (κ3) is 7.78. The summed E-state index contributed by atoms with van der Waals surface area (Å²) in [6.07, 6.45) is 0.832. The Hall–Kier alpha value is -2.18. The molecule has 1 N–H and O–H groups in total. The van der Waals surface area contributed by atoms with Crippen molar-refractivity contribution in [3.8, 4) is 5.75 Å². The molecule has 0 fully saturated rings. The lowest BCUT2D eigenvalue weighted by Gasteiger charge is -2.29. The van der Waals surface area contributed by atoms with Gasteiger partial charge < -0.3 is 15.0 Å². The molecule has 2 aromatic carbocycles. The van der Waals surface area contributed by atoms with Crippen LogP contribution in [-0.2, 0) is 21.9 Å². The second-order valence-corrected chi connectivity index (χ2v) is 8.84. The van der Waals surface area contributed by atoms with Crippen molar-refractivity contribution in [1.29, 1.82) is 0 Å². The number of carbonyl (C=O) groups excluding carboxylic acids is 2. The number of amides is 2. The van der Waals surface area contributed by atoms with Crippen molar-refractivity contribution in [1.82, 2.24) is 10.2 Å². The van der Waals surface area contributed by atoms with Crippen LogP contribution in [0.4, 0.5) is 0 Å². The summed E-state index contributed by atoms with van der Waals surface area (Å²) in [7, 11) is 1.61. The topological polar surface area (TPSA) is 58.6 Å². The summed E-state index contributed by atoms with van der Waals surface area (Å²) in [4.78, 5) is 27.5. The molecule has 5 nitrogen and oxygen atoms in total. The van der Waals surface area contributed by atoms with Gasteiger partial charge in [0.1, 0.15) is 11.8 Å². The molecule has 0 saturated carbocycles. The molecule has 0 spiro atoms. The predicted octanol–water partition coefficient (Wildman–Crippen LogP) is 4.91. The quantitative estimate of drug-likeness (QED) is 0.515. The van der Waals surface area contributed by atoms with Gasteiger partial charge >= 0.3 is 0 Å². The van der Waals surface area contributed by atoms with E-state index in [4.69, 9.17) is 16.3 Å². The maximum Gasteiger partial charge on any atom is 0.242 e. The molecule has 0 aromatic heterocycles. The smallest absolute Gasteiger partial charge is 0.242 e. The van der Waals surface area contributed by atoms with E-state index in [1.165, 1.54) is 11.8 Å². The minimum atomic E-state index is -0.579. The van der Waals surface area contributed by atoms with Crippen molar-refractivity contribution >= 4 is 35.2 Å². The van der Waals surface area contributed by atoms with Gasteiger partial charge in [-0.1, -0.05) is 48.9 Å². The summed E-state index contributed by atoms with van der Waals surface area (Å²) in [5.41, 5.74) is 1.93. The van der Waals surface area contributed by atoms with Crippen LogP contribution >= 0.6 is 23.4 Å². The van der Waals surface area contributed by atoms with Crippen LogP contribution in [0.3, 0.4) is 0 Å². The maximum atomic E-state index is 13.1. The molecule has 0 bridgehead atoms. The van der Waals surface area contributed by atoms with Gasteiger partial charge in [-0.2, -0.15) is 0 Å². The van der Waals surface area contributed by atoms with Crippen LogP contribution in [0, 0.1) is 0 Å². The van der Waals surface area contributed by atoms with Crippen LogP contribution < -0.4 is 10.1 Å². The Balaban J connectivity index is 2.09. The minimum Gasteiger partial charge on any atom is -0.497 e. The third-order valence-electron chi connectivity index (χ3n) is 5.12. The summed E-state index contributed by atoms with van der Waals surface area (Å²) in [5.74, 6) is 1.42. The molecular weight excluding hydrogens is 432 g/mol.